The summed E-state index contributed by atoms with van der Waals surface area (Å²) in [5.41, 5.74) is 6.33. The summed E-state index contributed by atoms with van der Waals surface area (Å²) in [5.74, 6) is 0.678. The summed E-state index contributed by atoms with van der Waals surface area (Å²) < 4.78 is 5.38. The summed E-state index contributed by atoms with van der Waals surface area (Å²) in [6.45, 7) is 0.240. The predicted octanol–water partition coefficient (Wildman–Crippen LogP) is 0.451. The fraction of sp³-hybridized carbons (Fsp3) is 0.364. The number of rotatable bonds is 5. The van der Waals surface area contributed by atoms with Gasteiger partial charge >= 0.3 is 0 Å². The second kappa shape index (κ2) is 6.02. The van der Waals surface area contributed by atoms with E-state index >= 15 is 0 Å². The third kappa shape index (κ3) is 3.58. The zero-order valence-electron chi connectivity index (χ0n) is 8.39. The molecule has 1 unspecified atom stereocenters. The molecule has 15 heavy (non-hydrogen) atoms. The Morgan fingerprint density at radius 1 is 1.47 bits per heavy atom. The van der Waals surface area contributed by atoms with Crippen molar-refractivity contribution in [3.05, 3.63) is 29.8 Å². The molecule has 0 bridgehead atoms. The molecule has 1 aromatic rings. The van der Waals surface area contributed by atoms with Crippen molar-refractivity contribution in [3.8, 4) is 11.8 Å². The molecule has 0 saturated carbocycles. The molecule has 0 spiro atoms. The molecular formula is C11H14N2O2. The van der Waals surface area contributed by atoms with E-state index in [9.17, 15) is 0 Å². The number of aliphatic hydroxyl groups excluding tert-OH is 1. The van der Waals surface area contributed by atoms with Gasteiger partial charge in [-0.1, -0.05) is 18.2 Å². The number of hydrogen-bond acceptors (Lipinski definition) is 4. The summed E-state index contributed by atoms with van der Waals surface area (Å²) in [6, 6.07) is 8.67. The molecule has 4 heteroatoms. The minimum Gasteiger partial charge on any atom is -0.491 e. The van der Waals surface area contributed by atoms with E-state index in [2.05, 4.69) is 0 Å². The molecule has 0 amide bonds. The van der Waals surface area contributed by atoms with Crippen LogP contribution in [-0.4, -0.2) is 24.4 Å². The quantitative estimate of drug-likeness (QED) is 0.733. The highest BCUT2D eigenvalue weighted by Crippen LogP contribution is 2.18. The average molecular weight is 206 g/mol. The van der Waals surface area contributed by atoms with Gasteiger partial charge in [0.2, 0.25) is 0 Å². The van der Waals surface area contributed by atoms with E-state index in [1.54, 1.807) is 6.07 Å². The average Bonchev–Trinajstić information content (AvgIpc) is 2.28. The Hall–Kier alpha value is -1.57. The highest BCUT2D eigenvalue weighted by molar-refractivity contribution is 5.33. The van der Waals surface area contributed by atoms with Gasteiger partial charge in [-0.2, -0.15) is 5.26 Å². The van der Waals surface area contributed by atoms with Crippen LogP contribution >= 0.6 is 0 Å². The van der Waals surface area contributed by atoms with Gasteiger partial charge < -0.3 is 15.6 Å². The Labute approximate surface area is 88.9 Å². The molecule has 3 N–H and O–H groups in total. The van der Waals surface area contributed by atoms with Crippen LogP contribution in [0.2, 0.25) is 0 Å². The molecule has 1 rings (SSSR count). The van der Waals surface area contributed by atoms with E-state index in [1.165, 1.54) is 0 Å². The topological polar surface area (TPSA) is 79.3 Å². The van der Waals surface area contributed by atoms with E-state index in [1.807, 2.05) is 24.3 Å². The van der Waals surface area contributed by atoms with Gasteiger partial charge in [0.05, 0.1) is 6.07 Å². The first-order valence-electron chi connectivity index (χ1n) is 4.74. The van der Waals surface area contributed by atoms with Crippen LogP contribution in [0.4, 0.5) is 0 Å². The maximum Gasteiger partial charge on any atom is 0.127 e. The van der Waals surface area contributed by atoms with Crippen molar-refractivity contribution < 1.29 is 9.84 Å². The van der Waals surface area contributed by atoms with Crippen LogP contribution in [0.5, 0.6) is 5.75 Å². The van der Waals surface area contributed by atoms with Crippen LogP contribution in [0.1, 0.15) is 5.56 Å². The fourth-order valence-electron chi connectivity index (χ4n) is 1.19. The molecular weight excluding hydrogens is 192 g/mol. The lowest BCUT2D eigenvalue weighted by Gasteiger charge is -2.11. The molecule has 0 aliphatic carbocycles. The van der Waals surface area contributed by atoms with E-state index in [0.29, 0.717) is 12.2 Å². The van der Waals surface area contributed by atoms with Crippen molar-refractivity contribution in [1.29, 1.82) is 5.26 Å². The number of aliphatic hydroxyl groups is 1. The van der Waals surface area contributed by atoms with Crippen molar-refractivity contribution in [3.63, 3.8) is 0 Å². The van der Waals surface area contributed by atoms with Crippen LogP contribution < -0.4 is 10.5 Å². The van der Waals surface area contributed by atoms with Crippen LogP contribution in [-0.2, 0) is 6.42 Å². The Kier molecular flexibility index (Phi) is 4.61. The lowest BCUT2D eigenvalue weighted by atomic mass is 10.1. The molecule has 80 valence electrons. The Morgan fingerprint density at radius 3 is 2.87 bits per heavy atom. The summed E-state index contributed by atoms with van der Waals surface area (Å²) in [6.07, 6.45) is 0.540. The monoisotopic (exact) mass is 206 g/mol. The van der Waals surface area contributed by atoms with Crippen LogP contribution in [0.15, 0.2) is 24.3 Å². The zero-order chi connectivity index (χ0) is 11.1. The molecule has 1 atom stereocenters. The van der Waals surface area contributed by atoms with E-state index in [0.717, 1.165) is 5.56 Å². The van der Waals surface area contributed by atoms with Gasteiger partial charge in [-0.05, 0) is 18.1 Å². The first kappa shape index (κ1) is 11.5. The Bertz CT molecular complexity index is 347. The predicted molar refractivity (Wildman–Crippen MR) is 56.3 cm³/mol. The van der Waals surface area contributed by atoms with Gasteiger partial charge in [-0.15, -0.1) is 0 Å². The largest absolute Gasteiger partial charge is 0.491 e. The van der Waals surface area contributed by atoms with Crippen LogP contribution in [0.3, 0.4) is 0 Å². The lowest BCUT2D eigenvalue weighted by Crippen LogP contribution is -2.25. The minimum atomic E-state index is -0.618. The van der Waals surface area contributed by atoms with Crippen molar-refractivity contribution in [2.24, 2.45) is 5.73 Å². The Balaban J connectivity index is 2.63. The van der Waals surface area contributed by atoms with Gasteiger partial charge in [-0.3, -0.25) is 0 Å². The number of hydrogen-bond donors (Lipinski definition) is 2. The first-order valence-corrected chi connectivity index (χ1v) is 4.74. The third-order valence-electron chi connectivity index (χ3n) is 1.94. The van der Waals surface area contributed by atoms with Crippen molar-refractivity contribution in [2.75, 3.05) is 13.2 Å². The molecule has 1 aromatic carbocycles. The SMILES string of the molecule is N#CC(N)COc1ccccc1CCO. The fourth-order valence-corrected chi connectivity index (χ4v) is 1.19. The maximum atomic E-state index is 8.84. The molecule has 0 heterocycles. The zero-order valence-corrected chi connectivity index (χ0v) is 8.39. The molecule has 0 aromatic heterocycles. The van der Waals surface area contributed by atoms with E-state index in [4.69, 9.17) is 20.8 Å². The van der Waals surface area contributed by atoms with Crippen LogP contribution in [0, 0.1) is 11.3 Å². The number of nitrogens with zero attached hydrogens (tertiary/aromatic N) is 1. The molecule has 4 nitrogen and oxygen atoms in total. The van der Waals surface area contributed by atoms with Crippen molar-refractivity contribution in [1.82, 2.24) is 0 Å². The number of ether oxygens (including phenoxy) is 1. The first-order chi connectivity index (χ1) is 7.27. The summed E-state index contributed by atoms with van der Waals surface area (Å²) >= 11 is 0. The van der Waals surface area contributed by atoms with Gasteiger partial charge in [0.1, 0.15) is 18.4 Å². The minimum absolute atomic E-state index is 0.0741. The standard InChI is InChI=1S/C11H14N2O2/c12-7-10(13)8-15-11-4-2-1-3-9(11)5-6-14/h1-4,10,14H,5-6,8,13H2. The molecule has 0 fully saturated rings. The summed E-state index contributed by atoms with van der Waals surface area (Å²) in [5, 5.41) is 17.3. The summed E-state index contributed by atoms with van der Waals surface area (Å²) in [4.78, 5) is 0. The Morgan fingerprint density at radius 2 is 2.20 bits per heavy atom. The van der Waals surface area contributed by atoms with Crippen molar-refractivity contribution in [2.45, 2.75) is 12.5 Å². The number of nitrogens with two attached hydrogens (primary N) is 1. The normalized spacial score (nSPS) is 11.8. The molecule has 0 aliphatic heterocycles. The smallest absolute Gasteiger partial charge is 0.127 e. The van der Waals surface area contributed by atoms with Gasteiger partial charge in [0.25, 0.3) is 0 Å². The van der Waals surface area contributed by atoms with E-state index < -0.39 is 6.04 Å². The number of nitriles is 1. The summed E-state index contributed by atoms with van der Waals surface area (Å²) in [7, 11) is 0. The molecule has 0 radical (unpaired) electrons. The van der Waals surface area contributed by atoms with E-state index in [-0.39, 0.29) is 13.2 Å². The molecule has 0 saturated heterocycles. The highest BCUT2D eigenvalue weighted by atomic mass is 16.5. The number of benzene rings is 1. The van der Waals surface area contributed by atoms with Crippen molar-refractivity contribution >= 4 is 0 Å². The third-order valence-corrected chi connectivity index (χ3v) is 1.94. The van der Waals surface area contributed by atoms with Crippen LogP contribution in [0.25, 0.3) is 0 Å². The van der Waals surface area contributed by atoms with Gasteiger partial charge in [0.15, 0.2) is 0 Å². The second-order valence-electron chi connectivity index (χ2n) is 3.13. The van der Waals surface area contributed by atoms with Gasteiger partial charge in [0, 0.05) is 6.61 Å². The maximum absolute atomic E-state index is 8.84. The number of para-hydroxylation sites is 1. The highest BCUT2D eigenvalue weighted by Gasteiger charge is 2.05. The second-order valence-corrected chi connectivity index (χ2v) is 3.13. The lowest BCUT2D eigenvalue weighted by molar-refractivity contribution is 0.285. The molecule has 0 aliphatic rings. The van der Waals surface area contributed by atoms with Gasteiger partial charge in [-0.25, -0.2) is 0 Å².